The van der Waals surface area contributed by atoms with Crippen LogP contribution in [0.25, 0.3) is 0 Å². The van der Waals surface area contributed by atoms with Crippen LogP contribution in [0.1, 0.15) is 26.7 Å². The van der Waals surface area contributed by atoms with Gasteiger partial charge < -0.3 is 19.3 Å². The van der Waals surface area contributed by atoms with Crippen molar-refractivity contribution in [3.05, 3.63) is 0 Å². The fourth-order valence-corrected chi connectivity index (χ4v) is 2.42. The van der Waals surface area contributed by atoms with E-state index in [9.17, 15) is 14.7 Å². The zero-order valence-electron chi connectivity index (χ0n) is 11.6. The van der Waals surface area contributed by atoms with Crippen molar-refractivity contribution in [2.24, 2.45) is 11.8 Å². The monoisotopic (exact) mass is 274 g/mol. The Labute approximate surface area is 113 Å². The Kier molecular flexibility index (Phi) is 6.24. The summed E-state index contributed by atoms with van der Waals surface area (Å²) in [4.78, 5) is 23.8. The van der Waals surface area contributed by atoms with E-state index in [-0.39, 0.29) is 26.1 Å². The van der Waals surface area contributed by atoms with Crippen LogP contribution >= 0.6 is 0 Å². The summed E-state index contributed by atoms with van der Waals surface area (Å²) >= 11 is 0. The molecule has 4 atom stereocenters. The molecule has 110 valence electrons. The fraction of sp³-hybridized carbons (Fsp3) is 0.846. The van der Waals surface area contributed by atoms with Crippen molar-refractivity contribution in [1.29, 1.82) is 0 Å². The van der Waals surface area contributed by atoms with E-state index < -0.39 is 36.0 Å². The maximum Gasteiger partial charge on any atom is 0.309 e. The summed E-state index contributed by atoms with van der Waals surface area (Å²) in [5, 5.41) is 9.90. The van der Waals surface area contributed by atoms with Crippen molar-refractivity contribution in [2.45, 2.75) is 38.9 Å². The van der Waals surface area contributed by atoms with Crippen molar-refractivity contribution in [2.75, 3.05) is 20.3 Å². The number of esters is 2. The maximum atomic E-state index is 11.9. The predicted octanol–water partition coefficient (Wildman–Crippen LogP) is 0.515. The second-order valence-electron chi connectivity index (χ2n) is 4.53. The highest BCUT2D eigenvalue weighted by atomic mass is 16.5. The Balaban J connectivity index is 2.83. The SMILES string of the molecule is CCOC(=O)[C@@H]1C[C@@H](O)[C@H](OC)C[C@H]1C(=O)OCC. The average Bonchev–Trinajstić information content (AvgIpc) is 2.38. The van der Waals surface area contributed by atoms with Crippen molar-refractivity contribution < 1.29 is 28.9 Å². The van der Waals surface area contributed by atoms with Crippen LogP contribution in [0.15, 0.2) is 0 Å². The van der Waals surface area contributed by atoms with Crippen LogP contribution in [0.5, 0.6) is 0 Å². The second kappa shape index (κ2) is 7.45. The first-order valence-corrected chi connectivity index (χ1v) is 6.59. The quantitative estimate of drug-likeness (QED) is 0.736. The Morgan fingerprint density at radius 2 is 1.53 bits per heavy atom. The van der Waals surface area contributed by atoms with E-state index >= 15 is 0 Å². The Bertz CT molecular complexity index is 316. The molecular formula is C13H22O6. The smallest absolute Gasteiger partial charge is 0.309 e. The largest absolute Gasteiger partial charge is 0.466 e. The normalized spacial score (nSPS) is 30.7. The highest BCUT2D eigenvalue weighted by Gasteiger charge is 2.45. The first-order chi connectivity index (χ1) is 9.04. The van der Waals surface area contributed by atoms with Crippen LogP contribution in [-0.2, 0) is 23.8 Å². The molecule has 1 saturated carbocycles. The van der Waals surface area contributed by atoms with Gasteiger partial charge in [-0.3, -0.25) is 9.59 Å². The Morgan fingerprint density at radius 3 is 1.95 bits per heavy atom. The molecule has 0 saturated heterocycles. The molecular weight excluding hydrogens is 252 g/mol. The molecule has 0 aromatic rings. The predicted molar refractivity (Wildman–Crippen MR) is 66.3 cm³/mol. The third-order valence-corrected chi connectivity index (χ3v) is 3.38. The van der Waals surface area contributed by atoms with Gasteiger partial charge in [0.15, 0.2) is 0 Å². The Morgan fingerprint density at radius 1 is 1.05 bits per heavy atom. The lowest BCUT2D eigenvalue weighted by Gasteiger charge is -2.35. The lowest BCUT2D eigenvalue weighted by Crippen LogP contribution is -2.46. The van der Waals surface area contributed by atoms with Gasteiger partial charge in [0.2, 0.25) is 0 Å². The summed E-state index contributed by atoms with van der Waals surface area (Å²) in [6, 6.07) is 0. The van der Waals surface area contributed by atoms with Gasteiger partial charge in [0.25, 0.3) is 0 Å². The van der Waals surface area contributed by atoms with Crippen LogP contribution in [0.2, 0.25) is 0 Å². The first kappa shape index (κ1) is 15.9. The van der Waals surface area contributed by atoms with Gasteiger partial charge in [-0.15, -0.1) is 0 Å². The lowest BCUT2D eigenvalue weighted by molar-refractivity contribution is -0.170. The van der Waals surface area contributed by atoms with E-state index in [1.54, 1.807) is 13.8 Å². The third kappa shape index (κ3) is 3.91. The zero-order chi connectivity index (χ0) is 14.4. The zero-order valence-corrected chi connectivity index (χ0v) is 11.6. The van der Waals surface area contributed by atoms with Gasteiger partial charge in [0.05, 0.1) is 37.3 Å². The first-order valence-electron chi connectivity index (χ1n) is 6.59. The minimum absolute atomic E-state index is 0.154. The topological polar surface area (TPSA) is 82.1 Å². The fourth-order valence-electron chi connectivity index (χ4n) is 2.42. The van der Waals surface area contributed by atoms with Gasteiger partial charge in [0, 0.05) is 7.11 Å². The molecule has 0 aromatic heterocycles. The summed E-state index contributed by atoms with van der Waals surface area (Å²) in [7, 11) is 1.47. The van der Waals surface area contributed by atoms with E-state index in [2.05, 4.69) is 0 Å². The van der Waals surface area contributed by atoms with Gasteiger partial charge in [0.1, 0.15) is 0 Å². The minimum atomic E-state index is -0.773. The number of carbonyl (C=O) groups excluding carboxylic acids is 2. The standard InChI is InChI=1S/C13H22O6/c1-4-18-12(15)8-6-10(14)11(17-3)7-9(8)13(16)19-5-2/h8-11,14H,4-7H2,1-3H3/t8-,9-,10-,11-/m1/s1. The average molecular weight is 274 g/mol. The molecule has 1 aliphatic rings. The molecule has 19 heavy (non-hydrogen) atoms. The van der Waals surface area contributed by atoms with Crippen LogP contribution in [-0.4, -0.2) is 49.6 Å². The van der Waals surface area contributed by atoms with Gasteiger partial charge in [-0.1, -0.05) is 0 Å². The number of hydrogen-bond acceptors (Lipinski definition) is 6. The summed E-state index contributed by atoms with van der Waals surface area (Å²) in [5.74, 6) is -2.18. The molecule has 0 heterocycles. The number of carbonyl (C=O) groups is 2. The maximum absolute atomic E-state index is 11.9. The molecule has 0 bridgehead atoms. The van der Waals surface area contributed by atoms with E-state index in [0.29, 0.717) is 0 Å². The van der Waals surface area contributed by atoms with Crippen LogP contribution in [0.3, 0.4) is 0 Å². The molecule has 0 unspecified atom stereocenters. The number of aliphatic hydroxyl groups is 1. The molecule has 1 fully saturated rings. The Hall–Kier alpha value is -1.14. The number of ether oxygens (including phenoxy) is 3. The van der Waals surface area contributed by atoms with Crippen LogP contribution < -0.4 is 0 Å². The molecule has 1 aliphatic carbocycles. The number of methoxy groups -OCH3 is 1. The summed E-state index contributed by atoms with van der Waals surface area (Å²) < 4.78 is 15.1. The van der Waals surface area contributed by atoms with Crippen LogP contribution in [0, 0.1) is 11.8 Å². The number of aliphatic hydroxyl groups excluding tert-OH is 1. The summed E-state index contributed by atoms with van der Waals surface area (Å²) in [5.41, 5.74) is 0. The highest BCUT2D eigenvalue weighted by Crippen LogP contribution is 2.33. The third-order valence-electron chi connectivity index (χ3n) is 3.38. The minimum Gasteiger partial charge on any atom is -0.466 e. The lowest BCUT2D eigenvalue weighted by atomic mass is 9.76. The van der Waals surface area contributed by atoms with Crippen LogP contribution in [0.4, 0.5) is 0 Å². The molecule has 0 amide bonds. The summed E-state index contributed by atoms with van der Waals surface area (Å²) in [6.07, 6.45) is -0.814. The van der Waals surface area contributed by atoms with Gasteiger partial charge >= 0.3 is 11.9 Å². The second-order valence-corrected chi connectivity index (χ2v) is 4.53. The van der Waals surface area contributed by atoms with Crippen molar-refractivity contribution in [1.82, 2.24) is 0 Å². The molecule has 6 nitrogen and oxygen atoms in total. The van der Waals surface area contributed by atoms with E-state index in [4.69, 9.17) is 14.2 Å². The van der Waals surface area contributed by atoms with Crippen molar-refractivity contribution in [3.8, 4) is 0 Å². The van der Waals surface area contributed by atoms with E-state index in [0.717, 1.165) is 0 Å². The van der Waals surface area contributed by atoms with Gasteiger partial charge in [-0.2, -0.15) is 0 Å². The highest BCUT2D eigenvalue weighted by molar-refractivity contribution is 5.82. The molecule has 1 N–H and O–H groups in total. The van der Waals surface area contributed by atoms with Gasteiger partial charge in [-0.05, 0) is 26.7 Å². The van der Waals surface area contributed by atoms with E-state index in [1.165, 1.54) is 7.11 Å². The molecule has 1 rings (SSSR count). The van der Waals surface area contributed by atoms with Crippen molar-refractivity contribution >= 4 is 11.9 Å². The molecule has 0 aromatic carbocycles. The number of hydrogen-bond donors (Lipinski definition) is 1. The summed E-state index contributed by atoms with van der Waals surface area (Å²) in [6.45, 7) is 3.91. The van der Waals surface area contributed by atoms with E-state index in [1.807, 2.05) is 0 Å². The van der Waals surface area contributed by atoms with Crippen molar-refractivity contribution in [3.63, 3.8) is 0 Å². The number of rotatable bonds is 5. The molecule has 0 radical (unpaired) electrons. The van der Waals surface area contributed by atoms with Gasteiger partial charge in [-0.25, -0.2) is 0 Å². The molecule has 0 spiro atoms. The molecule has 0 aliphatic heterocycles. The molecule has 6 heteroatoms.